The Morgan fingerprint density at radius 2 is 2.15 bits per heavy atom. The second-order valence-electron chi connectivity index (χ2n) is 4.76. The number of rotatable bonds is 5. The predicted octanol–water partition coefficient (Wildman–Crippen LogP) is 2.41. The number of hydrogen-bond acceptors (Lipinski definition) is 5. The molecule has 0 saturated carbocycles. The Labute approximate surface area is 117 Å². The number of ether oxygens (including phenoxy) is 1. The van der Waals surface area contributed by atoms with E-state index in [2.05, 4.69) is 0 Å². The Morgan fingerprint density at radius 3 is 2.70 bits per heavy atom. The van der Waals surface area contributed by atoms with Crippen LogP contribution in [0.3, 0.4) is 0 Å². The molecule has 108 valence electrons. The van der Waals surface area contributed by atoms with Gasteiger partial charge in [-0.2, -0.15) is 0 Å². The molecule has 0 unspecified atom stereocenters. The van der Waals surface area contributed by atoms with Crippen molar-refractivity contribution in [1.29, 1.82) is 0 Å². The molecule has 0 radical (unpaired) electrons. The summed E-state index contributed by atoms with van der Waals surface area (Å²) >= 11 is 0. The Hall–Kier alpha value is -1.95. The Morgan fingerprint density at radius 1 is 1.45 bits per heavy atom. The van der Waals surface area contributed by atoms with Crippen LogP contribution in [0.2, 0.25) is 0 Å². The molecule has 0 aliphatic carbocycles. The fourth-order valence-electron chi connectivity index (χ4n) is 2.53. The lowest BCUT2D eigenvalue weighted by molar-refractivity contribution is -0.384. The van der Waals surface area contributed by atoms with Crippen LogP contribution >= 0.6 is 0 Å². The average molecular weight is 278 g/mol. The molecule has 1 aromatic rings. The van der Waals surface area contributed by atoms with E-state index in [4.69, 9.17) is 4.74 Å². The molecular formula is C14H18N2O4. The molecule has 6 heteroatoms. The van der Waals surface area contributed by atoms with E-state index < -0.39 is 4.92 Å². The molecule has 0 amide bonds. The highest BCUT2D eigenvalue weighted by Gasteiger charge is 2.25. The quantitative estimate of drug-likeness (QED) is 0.470. The second-order valence-corrected chi connectivity index (χ2v) is 4.76. The number of carbonyl (C=O) groups is 1. The molecule has 0 N–H and O–H groups in total. The molecule has 0 bridgehead atoms. The van der Waals surface area contributed by atoms with Crippen LogP contribution in [0.15, 0.2) is 18.2 Å². The number of hydrogen-bond donors (Lipinski definition) is 0. The van der Waals surface area contributed by atoms with Gasteiger partial charge in [-0.25, -0.2) is 0 Å². The maximum atomic E-state index is 11.1. The van der Waals surface area contributed by atoms with E-state index in [0.29, 0.717) is 24.1 Å². The van der Waals surface area contributed by atoms with Crippen molar-refractivity contribution in [2.75, 3.05) is 24.6 Å². The Bertz CT molecular complexity index is 496. The van der Waals surface area contributed by atoms with Crippen LogP contribution in [-0.2, 0) is 4.74 Å². The van der Waals surface area contributed by atoms with Gasteiger partial charge in [0.2, 0.25) is 0 Å². The molecule has 1 saturated heterocycles. The summed E-state index contributed by atoms with van der Waals surface area (Å²) in [5.74, 6) is 0. The summed E-state index contributed by atoms with van der Waals surface area (Å²) in [5, 5.41) is 11.1. The van der Waals surface area contributed by atoms with E-state index in [0.717, 1.165) is 25.9 Å². The zero-order valence-electron chi connectivity index (χ0n) is 11.4. The van der Waals surface area contributed by atoms with Crippen molar-refractivity contribution >= 4 is 17.7 Å². The third-order valence-corrected chi connectivity index (χ3v) is 3.52. The first-order chi connectivity index (χ1) is 9.65. The SMILES string of the molecule is CCOC1CCN(c2ccc(C=O)cc2[N+](=O)[O-])CC1. The van der Waals surface area contributed by atoms with Gasteiger partial charge in [-0.15, -0.1) is 0 Å². The van der Waals surface area contributed by atoms with Crippen LogP contribution in [0.1, 0.15) is 30.1 Å². The van der Waals surface area contributed by atoms with Crippen LogP contribution in [0.5, 0.6) is 0 Å². The molecule has 1 aliphatic rings. The Balaban J connectivity index is 2.17. The fraction of sp³-hybridized carbons (Fsp3) is 0.500. The lowest BCUT2D eigenvalue weighted by Crippen LogP contribution is -2.37. The van der Waals surface area contributed by atoms with Crippen LogP contribution in [-0.4, -0.2) is 37.0 Å². The monoisotopic (exact) mass is 278 g/mol. The Kier molecular flexibility index (Phi) is 4.68. The molecule has 20 heavy (non-hydrogen) atoms. The molecule has 1 heterocycles. The summed E-state index contributed by atoms with van der Waals surface area (Å²) in [6, 6.07) is 4.60. The molecule has 1 aromatic carbocycles. The minimum absolute atomic E-state index is 0.00976. The van der Waals surface area contributed by atoms with Crippen molar-refractivity contribution in [3.05, 3.63) is 33.9 Å². The first kappa shape index (κ1) is 14.5. The predicted molar refractivity (Wildman–Crippen MR) is 75.3 cm³/mol. The minimum Gasteiger partial charge on any atom is -0.378 e. The van der Waals surface area contributed by atoms with Crippen molar-refractivity contribution in [3.8, 4) is 0 Å². The van der Waals surface area contributed by atoms with Crippen LogP contribution < -0.4 is 4.90 Å². The topological polar surface area (TPSA) is 72.7 Å². The maximum Gasteiger partial charge on any atom is 0.293 e. The molecule has 0 spiro atoms. The van der Waals surface area contributed by atoms with E-state index in [9.17, 15) is 14.9 Å². The van der Waals surface area contributed by atoms with Gasteiger partial charge in [-0.1, -0.05) is 0 Å². The van der Waals surface area contributed by atoms with E-state index in [-0.39, 0.29) is 11.8 Å². The zero-order chi connectivity index (χ0) is 14.5. The largest absolute Gasteiger partial charge is 0.378 e. The van der Waals surface area contributed by atoms with Gasteiger partial charge in [0.25, 0.3) is 5.69 Å². The molecule has 0 aromatic heterocycles. The molecular weight excluding hydrogens is 260 g/mol. The molecule has 1 fully saturated rings. The highest BCUT2D eigenvalue weighted by atomic mass is 16.6. The van der Waals surface area contributed by atoms with Gasteiger partial charge in [0.05, 0.1) is 11.0 Å². The number of nitro groups is 1. The van der Waals surface area contributed by atoms with Gasteiger partial charge in [-0.3, -0.25) is 14.9 Å². The second kappa shape index (κ2) is 6.47. The number of benzene rings is 1. The fourth-order valence-corrected chi connectivity index (χ4v) is 2.53. The molecule has 6 nitrogen and oxygen atoms in total. The third kappa shape index (κ3) is 3.14. The number of carbonyl (C=O) groups excluding carboxylic acids is 1. The smallest absolute Gasteiger partial charge is 0.293 e. The van der Waals surface area contributed by atoms with Crippen molar-refractivity contribution < 1.29 is 14.5 Å². The summed E-state index contributed by atoms with van der Waals surface area (Å²) in [4.78, 5) is 23.4. The van der Waals surface area contributed by atoms with Gasteiger partial charge in [0.1, 0.15) is 12.0 Å². The highest BCUT2D eigenvalue weighted by Crippen LogP contribution is 2.31. The van der Waals surface area contributed by atoms with Crippen LogP contribution in [0, 0.1) is 10.1 Å². The van der Waals surface area contributed by atoms with E-state index in [1.807, 2.05) is 11.8 Å². The summed E-state index contributed by atoms with van der Waals surface area (Å²) in [7, 11) is 0. The number of nitrogens with zero attached hydrogens (tertiary/aromatic N) is 2. The van der Waals surface area contributed by atoms with Gasteiger partial charge in [0, 0.05) is 31.3 Å². The normalized spacial score (nSPS) is 16.1. The van der Waals surface area contributed by atoms with Crippen LogP contribution in [0.4, 0.5) is 11.4 Å². The summed E-state index contributed by atoms with van der Waals surface area (Å²) in [6.45, 7) is 4.12. The lowest BCUT2D eigenvalue weighted by atomic mass is 10.1. The summed E-state index contributed by atoms with van der Waals surface area (Å²) < 4.78 is 5.57. The lowest BCUT2D eigenvalue weighted by Gasteiger charge is -2.33. The van der Waals surface area contributed by atoms with Gasteiger partial charge >= 0.3 is 0 Å². The van der Waals surface area contributed by atoms with Gasteiger partial charge in [0.15, 0.2) is 0 Å². The first-order valence-electron chi connectivity index (χ1n) is 6.76. The third-order valence-electron chi connectivity index (χ3n) is 3.52. The van der Waals surface area contributed by atoms with E-state index in [1.54, 1.807) is 12.1 Å². The van der Waals surface area contributed by atoms with Crippen molar-refractivity contribution in [3.63, 3.8) is 0 Å². The number of anilines is 1. The highest BCUT2D eigenvalue weighted by molar-refractivity contribution is 5.79. The van der Waals surface area contributed by atoms with Crippen molar-refractivity contribution in [2.45, 2.75) is 25.9 Å². The first-order valence-corrected chi connectivity index (χ1v) is 6.76. The van der Waals surface area contributed by atoms with Crippen molar-refractivity contribution in [1.82, 2.24) is 0 Å². The van der Waals surface area contributed by atoms with E-state index >= 15 is 0 Å². The standard InChI is InChI=1S/C14H18N2O4/c1-2-20-12-5-7-15(8-6-12)13-4-3-11(10-17)9-14(13)16(18)19/h3-4,9-10,12H,2,5-8H2,1H3. The number of aldehydes is 1. The zero-order valence-corrected chi connectivity index (χ0v) is 11.4. The molecule has 0 atom stereocenters. The van der Waals surface area contributed by atoms with E-state index in [1.165, 1.54) is 6.07 Å². The molecule has 1 aliphatic heterocycles. The average Bonchev–Trinajstić information content (AvgIpc) is 2.48. The summed E-state index contributed by atoms with van der Waals surface area (Å²) in [6.07, 6.45) is 2.59. The number of piperidine rings is 1. The van der Waals surface area contributed by atoms with Crippen molar-refractivity contribution in [2.24, 2.45) is 0 Å². The van der Waals surface area contributed by atoms with Gasteiger partial charge in [-0.05, 0) is 31.9 Å². The van der Waals surface area contributed by atoms with Gasteiger partial charge < -0.3 is 9.64 Å². The van der Waals surface area contributed by atoms with Crippen LogP contribution in [0.25, 0.3) is 0 Å². The molecule has 2 rings (SSSR count). The summed E-state index contributed by atoms with van der Waals surface area (Å²) in [5.41, 5.74) is 0.893. The number of nitro benzene ring substituents is 1. The minimum atomic E-state index is -0.434. The maximum absolute atomic E-state index is 11.1.